The smallest absolute Gasteiger partial charge is 0.213 e. The number of aromatic nitrogens is 1. The molecule has 2 aromatic heterocycles. The predicted octanol–water partition coefficient (Wildman–Crippen LogP) is 7.01. The fraction of sp³-hybridized carbons (Fsp3) is 0.292. The molecule has 0 bridgehead atoms. The minimum Gasteiger partial charge on any atom is -0.481 e. The van der Waals surface area contributed by atoms with Gasteiger partial charge < -0.3 is 9.15 Å². The number of nitrogens with zero attached hydrogens (tertiary/aromatic N) is 1. The van der Waals surface area contributed by atoms with Gasteiger partial charge in [0, 0.05) is 34.7 Å². The number of hydrogen-bond acceptors (Lipinski definition) is 3. The Labute approximate surface area is 169 Å². The summed E-state index contributed by atoms with van der Waals surface area (Å²) in [6, 6.07) is 12.3. The molecule has 3 nitrogen and oxygen atoms in total. The van der Waals surface area contributed by atoms with Crippen molar-refractivity contribution in [1.82, 2.24) is 4.98 Å². The van der Waals surface area contributed by atoms with Gasteiger partial charge in [0.15, 0.2) is 11.6 Å². The highest BCUT2D eigenvalue weighted by Gasteiger charge is 2.20. The van der Waals surface area contributed by atoms with Gasteiger partial charge in [-0.05, 0) is 23.8 Å². The molecular weight excluding hydrogens is 372 g/mol. The quantitative estimate of drug-likeness (QED) is 0.372. The summed E-state index contributed by atoms with van der Waals surface area (Å²) in [7, 11) is 1.46. The molecule has 0 N–H and O–H groups in total. The van der Waals surface area contributed by atoms with Gasteiger partial charge in [-0.2, -0.15) is 0 Å². The van der Waals surface area contributed by atoms with Crippen LogP contribution in [0.5, 0.6) is 5.88 Å². The molecule has 0 aliphatic rings. The van der Waals surface area contributed by atoms with Crippen molar-refractivity contribution in [2.45, 2.75) is 40.0 Å². The van der Waals surface area contributed by atoms with E-state index in [0.717, 1.165) is 33.9 Å². The molecule has 2 aromatic carbocycles. The molecule has 4 rings (SSSR count). The van der Waals surface area contributed by atoms with Gasteiger partial charge in [0.2, 0.25) is 5.88 Å². The monoisotopic (exact) mass is 397 g/mol. The van der Waals surface area contributed by atoms with Crippen LogP contribution in [0.3, 0.4) is 0 Å². The molecule has 0 fully saturated rings. The summed E-state index contributed by atoms with van der Waals surface area (Å²) in [5.41, 5.74) is 2.64. The SMILES string of the molecule is CC.COc1cc(Cc2c(C(C)C)oc3ccccc23)c2ccc(F)c(F)c2n1. The van der Waals surface area contributed by atoms with Crippen LogP contribution >= 0.6 is 0 Å². The number of halogens is 2. The van der Waals surface area contributed by atoms with Crippen LogP contribution in [0.25, 0.3) is 21.9 Å². The molecule has 0 saturated carbocycles. The van der Waals surface area contributed by atoms with Crippen molar-refractivity contribution >= 4 is 21.9 Å². The molecule has 0 unspecified atom stereocenters. The van der Waals surface area contributed by atoms with Gasteiger partial charge in [-0.3, -0.25) is 0 Å². The third-order valence-electron chi connectivity index (χ3n) is 4.76. The maximum absolute atomic E-state index is 14.3. The first-order valence-electron chi connectivity index (χ1n) is 9.81. The highest BCUT2D eigenvalue weighted by Crippen LogP contribution is 2.35. The Kier molecular flexibility index (Phi) is 6.16. The van der Waals surface area contributed by atoms with Crippen LogP contribution in [0.4, 0.5) is 8.78 Å². The number of fused-ring (bicyclic) bond motifs is 2. The Morgan fingerprint density at radius 3 is 2.45 bits per heavy atom. The summed E-state index contributed by atoms with van der Waals surface area (Å²) in [5.74, 6) is -0.556. The van der Waals surface area contributed by atoms with Crippen LogP contribution in [0.2, 0.25) is 0 Å². The molecule has 0 saturated heterocycles. The van der Waals surface area contributed by atoms with E-state index in [9.17, 15) is 8.78 Å². The zero-order valence-corrected chi connectivity index (χ0v) is 17.3. The number of furan rings is 1. The van der Waals surface area contributed by atoms with E-state index in [-0.39, 0.29) is 17.3 Å². The zero-order valence-electron chi connectivity index (χ0n) is 17.3. The van der Waals surface area contributed by atoms with E-state index < -0.39 is 11.6 Å². The van der Waals surface area contributed by atoms with Crippen LogP contribution in [0, 0.1) is 11.6 Å². The first-order chi connectivity index (χ1) is 14.0. The zero-order chi connectivity index (χ0) is 21.1. The van der Waals surface area contributed by atoms with Crippen LogP contribution < -0.4 is 4.74 Å². The van der Waals surface area contributed by atoms with E-state index in [4.69, 9.17) is 9.15 Å². The van der Waals surface area contributed by atoms with Crippen molar-refractivity contribution in [2.24, 2.45) is 0 Å². The molecule has 0 spiro atoms. The van der Waals surface area contributed by atoms with Crippen LogP contribution in [-0.4, -0.2) is 12.1 Å². The number of pyridine rings is 1. The van der Waals surface area contributed by atoms with E-state index in [1.165, 1.54) is 7.11 Å². The Balaban J connectivity index is 0.00000117. The summed E-state index contributed by atoms with van der Waals surface area (Å²) in [4.78, 5) is 4.10. The molecule has 0 atom stereocenters. The average Bonchev–Trinajstić information content (AvgIpc) is 3.11. The van der Waals surface area contributed by atoms with Crippen LogP contribution in [-0.2, 0) is 6.42 Å². The molecule has 29 heavy (non-hydrogen) atoms. The molecular formula is C24H25F2NO2. The standard InChI is InChI=1S/C22H19F2NO2.C2H6/c1-12(2)22-16(15-6-4-5-7-18(15)27-22)10-13-11-19(26-3)25-21-14(13)8-9-17(23)20(21)24;1-2/h4-9,11-12H,10H2,1-3H3;1-2H3. The fourth-order valence-electron chi connectivity index (χ4n) is 3.49. The predicted molar refractivity (Wildman–Crippen MR) is 113 cm³/mol. The second-order valence-corrected chi connectivity index (χ2v) is 6.85. The van der Waals surface area contributed by atoms with E-state index in [2.05, 4.69) is 18.8 Å². The third kappa shape index (κ3) is 3.82. The fourth-order valence-corrected chi connectivity index (χ4v) is 3.49. The second-order valence-electron chi connectivity index (χ2n) is 6.85. The van der Waals surface area contributed by atoms with Gasteiger partial charge in [0.25, 0.3) is 0 Å². The first-order valence-corrected chi connectivity index (χ1v) is 9.81. The molecule has 4 aromatic rings. The number of hydrogen-bond donors (Lipinski definition) is 0. The summed E-state index contributed by atoms with van der Waals surface area (Å²) in [5, 5.41) is 1.59. The molecule has 2 heterocycles. The molecule has 5 heteroatoms. The number of methoxy groups -OCH3 is 1. The van der Waals surface area contributed by atoms with Crippen molar-refractivity contribution in [3.63, 3.8) is 0 Å². The van der Waals surface area contributed by atoms with Crippen LogP contribution in [0.1, 0.15) is 50.5 Å². The summed E-state index contributed by atoms with van der Waals surface area (Å²) in [6.45, 7) is 8.14. The lowest BCUT2D eigenvalue weighted by Crippen LogP contribution is -2.00. The molecule has 152 valence electrons. The van der Waals surface area contributed by atoms with Crippen molar-refractivity contribution in [3.05, 3.63) is 71.0 Å². The number of benzene rings is 2. The van der Waals surface area contributed by atoms with Gasteiger partial charge in [-0.1, -0.05) is 45.9 Å². The average molecular weight is 397 g/mol. The lowest BCUT2D eigenvalue weighted by molar-refractivity contribution is 0.398. The van der Waals surface area contributed by atoms with E-state index in [1.807, 2.05) is 38.1 Å². The van der Waals surface area contributed by atoms with Crippen molar-refractivity contribution in [3.8, 4) is 5.88 Å². The van der Waals surface area contributed by atoms with Crippen molar-refractivity contribution in [2.75, 3.05) is 7.11 Å². The third-order valence-corrected chi connectivity index (χ3v) is 4.76. The largest absolute Gasteiger partial charge is 0.481 e. The van der Waals surface area contributed by atoms with Gasteiger partial charge >= 0.3 is 0 Å². The van der Waals surface area contributed by atoms with Crippen molar-refractivity contribution < 1.29 is 17.9 Å². The van der Waals surface area contributed by atoms with Gasteiger partial charge in [0.05, 0.1) is 7.11 Å². The Bertz CT molecular complexity index is 1150. The maximum atomic E-state index is 14.3. The lowest BCUT2D eigenvalue weighted by Gasteiger charge is -2.11. The minimum atomic E-state index is -0.964. The first kappa shape index (κ1) is 20.8. The Morgan fingerprint density at radius 2 is 1.76 bits per heavy atom. The van der Waals surface area contributed by atoms with Crippen LogP contribution in [0.15, 0.2) is 46.9 Å². The van der Waals surface area contributed by atoms with Crippen molar-refractivity contribution in [1.29, 1.82) is 0 Å². The van der Waals surface area contributed by atoms with E-state index in [0.29, 0.717) is 11.8 Å². The molecule has 0 aliphatic heterocycles. The van der Waals surface area contributed by atoms with Gasteiger partial charge in [-0.15, -0.1) is 0 Å². The number of ether oxygens (including phenoxy) is 1. The second kappa shape index (κ2) is 8.60. The van der Waals surface area contributed by atoms with E-state index in [1.54, 1.807) is 12.1 Å². The number of rotatable bonds is 4. The highest BCUT2D eigenvalue weighted by molar-refractivity contribution is 5.87. The number of para-hydroxylation sites is 1. The summed E-state index contributed by atoms with van der Waals surface area (Å²) >= 11 is 0. The maximum Gasteiger partial charge on any atom is 0.213 e. The van der Waals surface area contributed by atoms with E-state index >= 15 is 0 Å². The molecule has 0 radical (unpaired) electrons. The highest BCUT2D eigenvalue weighted by atomic mass is 19.2. The van der Waals surface area contributed by atoms with Gasteiger partial charge in [-0.25, -0.2) is 13.8 Å². The summed E-state index contributed by atoms with van der Waals surface area (Å²) < 4.78 is 39.3. The Morgan fingerprint density at radius 1 is 1.03 bits per heavy atom. The lowest BCUT2D eigenvalue weighted by atomic mass is 9.95. The Hall–Kier alpha value is -2.95. The topological polar surface area (TPSA) is 35.3 Å². The molecule has 0 amide bonds. The minimum absolute atomic E-state index is 0.0248. The normalized spacial score (nSPS) is 11.0. The molecule has 0 aliphatic carbocycles. The summed E-state index contributed by atoms with van der Waals surface area (Å²) in [6.07, 6.45) is 0.505. The van der Waals surface area contributed by atoms with Gasteiger partial charge in [0.1, 0.15) is 16.9 Å².